The SMILES string of the molecule is COc1ccc(CC(C)C#Cc2ccccc2)cc1. The zero-order valence-electron chi connectivity index (χ0n) is 11.4. The molecule has 2 rings (SSSR count). The summed E-state index contributed by atoms with van der Waals surface area (Å²) in [4.78, 5) is 0. The summed E-state index contributed by atoms with van der Waals surface area (Å²) < 4.78 is 5.15. The molecule has 0 aliphatic carbocycles. The van der Waals surface area contributed by atoms with E-state index in [0.29, 0.717) is 5.92 Å². The fraction of sp³-hybridized carbons (Fsp3) is 0.222. The molecule has 1 nitrogen and oxygen atoms in total. The molecule has 1 atom stereocenters. The molecule has 0 saturated heterocycles. The van der Waals surface area contributed by atoms with Crippen LogP contribution in [0.1, 0.15) is 18.1 Å². The largest absolute Gasteiger partial charge is 0.497 e. The topological polar surface area (TPSA) is 9.23 Å². The molecule has 0 amide bonds. The maximum absolute atomic E-state index is 5.15. The first kappa shape index (κ1) is 13.2. The molecule has 0 radical (unpaired) electrons. The van der Waals surface area contributed by atoms with Crippen molar-refractivity contribution in [1.29, 1.82) is 0 Å². The van der Waals surface area contributed by atoms with Gasteiger partial charge in [-0.2, -0.15) is 0 Å². The van der Waals surface area contributed by atoms with E-state index < -0.39 is 0 Å². The second kappa shape index (κ2) is 6.66. The average Bonchev–Trinajstić information content (AvgIpc) is 2.47. The first-order valence-electron chi connectivity index (χ1n) is 6.47. The minimum Gasteiger partial charge on any atom is -0.497 e. The number of ether oxygens (including phenoxy) is 1. The average molecular weight is 250 g/mol. The lowest BCUT2D eigenvalue weighted by Gasteiger charge is -2.05. The van der Waals surface area contributed by atoms with Crippen molar-refractivity contribution >= 4 is 0 Å². The van der Waals surface area contributed by atoms with Crippen LogP contribution in [-0.2, 0) is 6.42 Å². The van der Waals surface area contributed by atoms with Crippen molar-refractivity contribution in [3.63, 3.8) is 0 Å². The highest BCUT2D eigenvalue weighted by Crippen LogP contribution is 2.14. The van der Waals surface area contributed by atoms with Gasteiger partial charge in [0.15, 0.2) is 0 Å². The van der Waals surface area contributed by atoms with Gasteiger partial charge in [-0.05, 0) is 36.2 Å². The molecular formula is C18H18O. The fourth-order valence-electron chi connectivity index (χ4n) is 1.89. The zero-order chi connectivity index (χ0) is 13.5. The van der Waals surface area contributed by atoms with Crippen LogP contribution in [0.3, 0.4) is 0 Å². The van der Waals surface area contributed by atoms with Crippen LogP contribution in [-0.4, -0.2) is 7.11 Å². The molecule has 96 valence electrons. The third-order valence-electron chi connectivity index (χ3n) is 2.94. The van der Waals surface area contributed by atoms with Gasteiger partial charge in [-0.15, -0.1) is 0 Å². The van der Waals surface area contributed by atoms with Crippen molar-refractivity contribution in [1.82, 2.24) is 0 Å². The third kappa shape index (κ3) is 4.19. The molecular weight excluding hydrogens is 232 g/mol. The van der Waals surface area contributed by atoms with Crippen LogP contribution in [0.2, 0.25) is 0 Å². The molecule has 0 heterocycles. The quantitative estimate of drug-likeness (QED) is 0.750. The Morgan fingerprint density at radius 1 is 1.00 bits per heavy atom. The van der Waals surface area contributed by atoms with E-state index in [1.807, 2.05) is 42.5 Å². The molecule has 2 aromatic carbocycles. The minimum absolute atomic E-state index is 0.341. The van der Waals surface area contributed by atoms with Gasteiger partial charge in [0, 0.05) is 11.5 Å². The van der Waals surface area contributed by atoms with Gasteiger partial charge in [-0.25, -0.2) is 0 Å². The van der Waals surface area contributed by atoms with Crippen molar-refractivity contribution in [2.75, 3.05) is 7.11 Å². The predicted molar refractivity (Wildman–Crippen MR) is 79.2 cm³/mol. The third-order valence-corrected chi connectivity index (χ3v) is 2.94. The second-order valence-corrected chi connectivity index (χ2v) is 4.59. The van der Waals surface area contributed by atoms with Gasteiger partial charge in [0.1, 0.15) is 5.75 Å². The van der Waals surface area contributed by atoms with Gasteiger partial charge < -0.3 is 4.74 Å². The summed E-state index contributed by atoms with van der Waals surface area (Å²) in [6.45, 7) is 2.15. The number of hydrogen-bond donors (Lipinski definition) is 0. The zero-order valence-corrected chi connectivity index (χ0v) is 11.4. The van der Waals surface area contributed by atoms with E-state index in [2.05, 4.69) is 30.9 Å². The van der Waals surface area contributed by atoms with Crippen molar-refractivity contribution in [3.05, 3.63) is 65.7 Å². The Bertz CT molecular complexity index is 558. The number of benzene rings is 2. The van der Waals surface area contributed by atoms with E-state index in [1.165, 1.54) is 5.56 Å². The second-order valence-electron chi connectivity index (χ2n) is 4.59. The Balaban J connectivity index is 1.97. The maximum Gasteiger partial charge on any atom is 0.118 e. The summed E-state index contributed by atoms with van der Waals surface area (Å²) in [5, 5.41) is 0. The standard InChI is InChI=1S/C18H18O/c1-15(8-9-16-6-4-3-5-7-16)14-17-10-12-18(19-2)13-11-17/h3-7,10-13,15H,14H2,1-2H3. The molecule has 0 bridgehead atoms. The van der Waals surface area contributed by atoms with E-state index in [1.54, 1.807) is 7.11 Å². The Morgan fingerprint density at radius 2 is 1.68 bits per heavy atom. The van der Waals surface area contributed by atoms with E-state index in [9.17, 15) is 0 Å². The van der Waals surface area contributed by atoms with Gasteiger partial charge in [0.2, 0.25) is 0 Å². The molecule has 0 N–H and O–H groups in total. The smallest absolute Gasteiger partial charge is 0.118 e. The van der Waals surface area contributed by atoms with Crippen molar-refractivity contribution < 1.29 is 4.74 Å². The summed E-state index contributed by atoms with van der Waals surface area (Å²) in [5.74, 6) is 7.74. The summed E-state index contributed by atoms with van der Waals surface area (Å²) in [7, 11) is 1.68. The molecule has 0 aliphatic rings. The lowest BCUT2D eigenvalue weighted by atomic mass is 10.0. The highest BCUT2D eigenvalue weighted by atomic mass is 16.5. The molecule has 0 spiro atoms. The fourth-order valence-corrected chi connectivity index (χ4v) is 1.89. The van der Waals surface area contributed by atoms with Gasteiger partial charge in [-0.3, -0.25) is 0 Å². The van der Waals surface area contributed by atoms with Crippen molar-refractivity contribution in [2.24, 2.45) is 5.92 Å². The van der Waals surface area contributed by atoms with Gasteiger partial charge >= 0.3 is 0 Å². The molecule has 0 aromatic heterocycles. The minimum atomic E-state index is 0.341. The Hall–Kier alpha value is -2.20. The number of methoxy groups -OCH3 is 1. The molecule has 0 saturated carbocycles. The maximum atomic E-state index is 5.15. The van der Waals surface area contributed by atoms with E-state index in [4.69, 9.17) is 4.74 Å². The normalized spacial score (nSPS) is 11.3. The first-order valence-corrected chi connectivity index (χ1v) is 6.47. The van der Waals surface area contributed by atoms with Crippen LogP contribution in [0.25, 0.3) is 0 Å². The molecule has 1 unspecified atom stereocenters. The lowest BCUT2D eigenvalue weighted by Crippen LogP contribution is -1.96. The van der Waals surface area contributed by atoms with Crippen LogP contribution in [0.5, 0.6) is 5.75 Å². The van der Waals surface area contributed by atoms with Crippen molar-refractivity contribution in [2.45, 2.75) is 13.3 Å². The Morgan fingerprint density at radius 3 is 2.32 bits per heavy atom. The lowest BCUT2D eigenvalue weighted by molar-refractivity contribution is 0.414. The molecule has 0 aliphatic heterocycles. The monoisotopic (exact) mass is 250 g/mol. The van der Waals surface area contributed by atoms with Crippen LogP contribution < -0.4 is 4.74 Å². The molecule has 2 aromatic rings. The van der Waals surface area contributed by atoms with E-state index >= 15 is 0 Å². The summed E-state index contributed by atoms with van der Waals surface area (Å²) in [6.07, 6.45) is 0.962. The van der Waals surface area contributed by atoms with Gasteiger partial charge in [0.25, 0.3) is 0 Å². The Labute approximate surface area is 115 Å². The van der Waals surface area contributed by atoms with Gasteiger partial charge in [0.05, 0.1) is 7.11 Å². The van der Waals surface area contributed by atoms with Crippen molar-refractivity contribution in [3.8, 4) is 17.6 Å². The van der Waals surface area contributed by atoms with Crippen LogP contribution in [0.4, 0.5) is 0 Å². The van der Waals surface area contributed by atoms with Crippen LogP contribution in [0.15, 0.2) is 54.6 Å². The summed E-state index contributed by atoms with van der Waals surface area (Å²) in [6, 6.07) is 18.3. The summed E-state index contributed by atoms with van der Waals surface area (Å²) in [5.41, 5.74) is 2.36. The predicted octanol–water partition coefficient (Wildman–Crippen LogP) is 3.93. The highest BCUT2D eigenvalue weighted by molar-refractivity contribution is 5.34. The summed E-state index contributed by atoms with van der Waals surface area (Å²) >= 11 is 0. The van der Waals surface area contributed by atoms with Crippen LogP contribution >= 0.6 is 0 Å². The number of rotatable bonds is 3. The highest BCUT2D eigenvalue weighted by Gasteiger charge is 2.00. The first-order chi connectivity index (χ1) is 9.28. The van der Waals surface area contributed by atoms with E-state index in [0.717, 1.165) is 17.7 Å². The van der Waals surface area contributed by atoms with Gasteiger partial charge in [-0.1, -0.05) is 49.1 Å². The Kier molecular flexibility index (Phi) is 4.64. The molecule has 19 heavy (non-hydrogen) atoms. The molecule has 0 fully saturated rings. The van der Waals surface area contributed by atoms with E-state index in [-0.39, 0.29) is 0 Å². The van der Waals surface area contributed by atoms with Crippen LogP contribution in [0, 0.1) is 17.8 Å². The molecule has 1 heteroatoms. The number of hydrogen-bond acceptors (Lipinski definition) is 1.